The van der Waals surface area contributed by atoms with Crippen molar-refractivity contribution in [3.05, 3.63) is 23.9 Å². The van der Waals surface area contributed by atoms with Crippen molar-refractivity contribution in [2.24, 2.45) is 11.1 Å². The van der Waals surface area contributed by atoms with E-state index in [9.17, 15) is 8.42 Å². The van der Waals surface area contributed by atoms with Crippen molar-refractivity contribution in [2.45, 2.75) is 37.8 Å². The molecule has 6 heteroatoms. The van der Waals surface area contributed by atoms with Gasteiger partial charge in [0.1, 0.15) is 0 Å². The Morgan fingerprint density at radius 1 is 1.44 bits per heavy atom. The average molecular weight is 269 g/mol. The van der Waals surface area contributed by atoms with Gasteiger partial charge in [0, 0.05) is 19.3 Å². The van der Waals surface area contributed by atoms with E-state index in [1.165, 1.54) is 12.3 Å². The quantitative estimate of drug-likeness (QED) is 0.807. The molecule has 2 rings (SSSR count). The second-order valence-corrected chi connectivity index (χ2v) is 6.60. The van der Waals surface area contributed by atoms with E-state index in [0.29, 0.717) is 13.1 Å². The maximum atomic E-state index is 12.0. The van der Waals surface area contributed by atoms with Gasteiger partial charge in [-0.05, 0) is 36.3 Å². The molecule has 1 aromatic rings. The first-order valence-electron chi connectivity index (χ1n) is 6.16. The highest BCUT2D eigenvalue weighted by atomic mass is 32.2. The van der Waals surface area contributed by atoms with Gasteiger partial charge in [0.15, 0.2) is 5.03 Å². The first-order chi connectivity index (χ1) is 8.51. The number of nitrogens with two attached hydrogens (primary N) is 1. The molecule has 5 nitrogen and oxygen atoms in total. The number of rotatable bonds is 6. The van der Waals surface area contributed by atoms with Crippen molar-refractivity contribution in [1.82, 2.24) is 9.71 Å². The molecule has 1 aliphatic carbocycles. The Bertz CT molecular complexity index is 507. The van der Waals surface area contributed by atoms with Crippen molar-refractivity contribution in [1.29, 1.82) is 0 Å². The van der Waals surface area contributed by atoms with Crippen LogP contribution in [0, 0.1) is 5.41 Å². The summed E-state index contributed by atoms with van der Waals surface area (Å²) >= 11 is 0. The zero-order chi connectivity index (χ0) is 13.2. The molecular formula is C12H19N3O2S. The van der Waals surface area contributed by atoms with Gasteiger partial charge in [0.25, 0.3) is 10.0 Å². The number of sulfonamides is 1. The topological polar surface area (TPSA) is 85.1 Å². The summed E-state index contributed by atoms with van der Waals surface area (Å²) in [6.45, 7) is 2.96. The smallest absolute Gasteiger partial charge is 0.258 e. The third-order valence-electron chi connectivity index (χ3n) is 3.65. The molecule has 18 heavy (non-hydrogen) atoms. The Kier molecular flexibility index (Phi) is 3.70. The van der Waals surface area contributed by atoms with E-state index in [-0.39, 0.29) is 10.4 Å². The summed E-state index contributed by atoms with van der Waals surface area (Å²) in [5.41, 5.74) is 6.45. The third-order valence-corrected chi connectivity index (χ3v) is 4.97. The average Bonchev–Trinajstić information content (AvgIpc) is 3.17. The lowest BCUT2D eigenvalue weighted by atomic mass is 10.1. The third kappa shape index (κ3) is 2.88. The van der Waals surface area contributed by atoms with Gasteiger partial charge in [-0.2, -0.15) is 0 Å². The molecule has 0 aliphatic heterocycles. The first kappa shape index (κ1) is 13.5. The van der Waals surface area contributed by atoms with Crippen LogP contribution in [-0.2, 0) is 16.6 Å². The maximum Gasteiger partial charge on any atom is 0.258 e. The summed E-state index contributed by atoms with van der Waals surface area (Å²) in [5, 5.41) is 0.0617. The van der Waals surface area contributed by atoms with E-state index in [4.69, 9.17) is 5.73 Å². The van der Waals surface area contributed by atoms with Crippen LogP contribution >= 0.6 is 0 Å². The van der Waals surface area contributed by atoms with Crippen molar-refractivity contribution in [3.8, 4) is 0 Å². The van der Waals surface area contributed by atoms with Crippen LogP contribution in [0.25, 0.3) is 0 Å². The molecule has 1 aromatic heterocycles. The maximum absolute atomic E-state index is 12.0. The predicted molar refractivity (Wildman–Crippen MR) is 69.3 cm³/mol. The fourth-order valence-electron chi connectivity index (χ4n) is 1.84. The summed E-state index contributed by atoms with van der Waals surface area (Å²) < 4.78 is 26.7. The lowest BCUT2D eigenvalue weighted by Gasteiger charge is -2.13. The SMILES string of the molecule is CCC1(CNS(=O)(=O)c2ccc(CN)cn2)CC1. The standard InChI is InChI=1S/C12H19N3O2S/c1-2-12(5-6-12)9-15-18(16,17)11-4-3-10(7-13)8-14-11/h3-4,8,15H,2,5-7,9,13H2,1H3. The first-order valence-corrected chi connectivity index (χ1v) is 7.64. The molecule has 1 aliphatic rings. The van der Waals surface area contributed by atoms with Crippen LogP contribution in [0.4, 0.5) is 0 Å². The highest BCUT2D eigenvalue weighted by Crippen LogP contribution is 2.48. The van der Waals surface area contributed by atoms with E-state index in [1.807, 2.05) is 0 Å². The minimum absolute atomic E-state index is 0.0617. The predicted octanol–water partition coefficient (Wildman–Crippen LogP) is 1.01. The summed E-state index contributed by atoms with van der Waals surface area (Å²) in [5.74, 6) is 0. The lowest BCUT2D eigenvalue weighted by molar-refractivity contribution is 0.475. The van der Waals surface area contributed by atoms with Crippen molar-refractivity contribution in [3.63, 3.8) is 0 Å². The molecular weight excluding hydrogens is 250 g/mol. The zero-order valence-electron chi connectivity index (χ0n) is 10.5. The number of pyridine rings is 1. The number of nitrogens with zero attached hydrogens (tertiary/aromatic N) is 1. The second-order valence-electron chi connectivity index (χ2n) is 4.89. The highest BCUT2D eigenvalue weighted by Gasteiger charge is 2.41. The van der Waals surface area contributed by atoms with E-state index < -0.39 is 10.0 Å². The van der Waals surface area contributed by atoms with Crippen LogP contribution in [0.2, 0.25) is 0 Å². The normalized spacial score (nSPS) is 17.7. The highest BCUT2D eigenvalue weighted by molar-refractivity contribution is 7.89. The Morgan fingerprint density at radius 3 is 2.61 bits per heavy atom. The Hall–Kier alpha value is -0.980. The molecule has 1 saturated carbocycles. The molecule has 3 N–H and O–H groups in total. The number of hydrogen-bond acceptors (Lipinski definition) is 4. The van der Waals surface area contributed by atoms with Crippen LogP contribution in [0.5, 0.6) is 0 Å². The Labute approximate surface area is 108 Å². The molecule has 0 bridgehead atoms. The monoisotopic (exact) mass is 269 g/mol. The van der Waals surface area contributed by atoms with Crippen molar-refractivity contribution >= 4 is 10.0 Å². The van der Waals surface area contributed by atoms with Gasteiger partial charge < -0.3 is 5.73 Å². The molecule has 0 radical (unpaired) electrons. The van der Waals surface area contributed by atoms with Crippen LogP contribution in [0.1, 0.15) is 31.7 Å². The summed E-state index contributed by atoms with van der Waals surface area (Å²) in [7, 11) is -3.49. The minimum Gasteiger partial charge on any atom is -0.326 e. The zero-order valence-corrected chi connectivity index (χ0v) is 11.3. The summed E-state index contributed by atoms with van der Waals surface area (Å²) in [4.78, 5) is 3.94. The number of hydrogen-bond donors (Lipinski definition) is 2. The minimum atomic E-state index is -3.49. The summed E-state index contributed by atoms with van der Waals surface area (Å²) in [6.07, 6.45) is 4.72. The van der Waals surface area contributed by atoms with Gasteiger partial charge in [-0.1, -0.05) is 13.0 Å². The molecule has 0 spiro atoms. The molecule has 0 unspecified atom stereocenters. The molecule has 1 fully saturated rings. The number of aromatic nitrogens is 1. The molecule has 1 heterocycles. The molecule has 0 aromatic carbocycles. The van der Waals surface area contributed by atoms with Gasteiger partial charge in [0.2, 0.25) is 0 Å². The molecule has 0 amide bonds. The van der Waals surface area contributed by atoms with E-state index >= 15 is 0 Å². The Morgan fingerprint density at radius 2 is 2.17 bits per heavy atom. The van der Waals surface area contributed by atoms with Crippen molar-refractivity contribution < 1.29 is 8.42 Å². The van der Waals surface area contributed by atoms with Gasteiger partial charge in [-0.3, -0.25) is 0 Å². The largest absolute Gasteiger partial charge is 0.326 e. The van der Waals surface area contributed by atoms with Gasteiger partial charge >= 0.3 is 0 Å². The van der Waals surface area contributed by atoms with E-state index in [0.717, 1.165) is 24.8 Å². The molecule has 0 atom stereocenters. The Balaban J connectivity index is 2.05. The fraction of sp³-hybridized carbons (Fsp3) is 0.583. The molecule has 0 saturated heterocycles. The van der Waals surface area contributed by atoms with E-state index in [2.05, 4.69) is 16.6 Å². The van der Waals surface area contributed by atoms with E-state index in [1.54, 1.807) is 6.07 Å². The van der Waals surface area contributed by atoms with Crippen LogP contribution in [0.15, 0.2) is 23.4 Å². The van der Waals surface area contributed by atoms with Crippen LogP contribution in [-0.4, -0.2) is 19.9 Å². The van der Waals surface area contributed by atoms with Gasteiger partial charge in [-0.15, -0.1) is 0 Å². The second kappa shape index (κ2) is 4.95. The number of nitrogens with one attached hydrogen (secondary N) is 1. The van der Waals surface area contributed by atoms with Gasteiger partial charge in [0.05, 0.1) is 0 Å². The molecule has 100 valence electrons. The fourth-order valence-corrected chi connectivity index (χ4v) is 2.93. The van der Waals surface area contributed by atoms with Gasteiger partial charge in [-0.25, -0.2) is 18.1 Å². The summed E-state index contributed by atoms with van der Waals surface area (Å²) in [6, 6.07) is 3.18. The van der Waals surface area contributed by atoms with Crippen LogP contribution in [0.3, 0.4) is 0 Å². The van der Waals surface area contributed by atoms with Crippen LogP contribution < -0.4 is 10.5 Å². The van der Waals surface area contributed by atoms with Crippen molar-refractivity contribution in [2.75, 3.05) is 6.54 Å². The lowest BCUT2D eigenvalue weighted by Crippen LogP contribution is -2.30.